The van der Waals surface area contributed by atoms with Crippen molar-refractivity contribution >= 4 is 11.8 Å². The summed E-state index contributed by atoms with van der Waals surface area (Å²) < 4.78 is 0. The topological polar surface area (TPSA) is 74.6 Å². The third-order valence-corrected chi connectivity index (χ3v) is 4.66. The van der Waals surface area contributed by atoms with E-state index in [2.05, 4.69) is 6.92 Å². The molecule has 1 unspecified atom stereocenters. The fourth-order valence-corrected chi connectivity index (χ4v) is 3.17. The van der Waals surface area contributed by atoms with Gasteiger partial charge in [0.05, 0.1) is 6.10 Å². The molecule has 1 saturated carbocycles. The average Bonchev–Trinajstić information content (AvgIpc) is 2.89. The van der Waals surface area contributed by atoms with Crippen molar-refractivity contribution in [1.82, 2.24) is 0 Å². The molecule has 1 rings (SSSR count). The predicted molar refractivity (Wildman–Crippen MR) is 95.8 cm³/mol. The van der Waals surface area contributed by atoms with E-state index in [1.807, 2.05) is 24.3 Å². The minimum absolute atomic E-state index is 0.0137. The number of carboxylic acid groups (broad SMARTS) is 1. The van der Waals surface area contributed by atoms with Crippen LogP contribution in [0.15, 0.2) is 24.3 Å². The number of carboxylic acids is 1. The lowest BCUT2D eigenvalue weighted by molar-refractivity contribution is -0.137. The Hall–Kier alpha value is -1.42. The van der Waals surface area contributed by atoms with Gasteiger partial charge in [-0.25, -0.2) is 0 Å². The van der Waals surface area contributed by atoms with Crippen LogP contribution in [0.3, 0.4) is 0 Å². The van der Waals surface area contributed by atoms with Gasteiger partial charge in [0.1, 0.15) is 5.78 Å². The van der Waals surface area contributed by atoms with Gasteiger partial charge in [-0.3, -0.25) is 9.59 Å². The van der Waals surface area contributed by atoms with Gasteiger partial charge in [0.2, 0.25) is 0 Å². The number of aliphatic hydroxyl groups is 1. The summed E-state index contributed by atoms with van der Waals surface area (Å²) in [6, 6.07) is 0. The second-order valence-corrected chi connectivity index (χ2v) is 6.72. The number of rotatable bonds is 12. The zero-order chi connectivity index (χ0) is 17.8. The van der Waals surface area contributed by atoms with Crippen LogP contribution in [0, 0.1) is 11.8 Å². The summed E-state index contributed by atoms with van der Waals surface area (Å²) in [6.07, 6.45) is 15.4. The number of hydrogen-bond donors (Lipinski definition) is 2. The molecule has 1 aliphatic rings. The fourth-order valence-electron chi connectivity index (χ4n) is 3.17. The molecule has 4 nitrogen and oxygen atoms in total. The van der Waals surface area contributed by atoms with E-state index in [0.717, 1.165) is 38.5 Å². The fraction of sp³-hybridized carbons (Fsp3) is 0.700. The van der Waals surface area contributed by atoms with Crippen molar-refractivity contribution < 1.29 is 19.8 Å². The number of ketones is 1. The Morgan fingerprint density at radius 1 is 1.29 bits per heavy atom. The smallest absolute Gasteiger partial charge is 0.303 e. The monoisotopic (exact) mass is 336 g/mol. The van der Waals surface area contributed by atoms with E-state index in [1.54, 1.807) is 0 Å². The van der Waals surface area contributed by atoms with E-state index in [0.29, 0.717) is 25.0 Å². The lowest BCUT2D eigenvalue weighted by atomic mass is 9.91. The maximum Gasteiger partial charge on any atom is 0.303 e. The molecular weight excluding hydrogens is 304 g/mol. The van der Waals surface area contributed by atoms with Gasteiger partial charge in [-0.05, 0) is 38.0 Å². The molecule has 136 valence electrons. The third-order valence-electron chi connectivity index (χ3n) is 4.66. The third kappa shape index (κ3) is 8.44. The molecule has 4 heteroatoms. The van der Waals surface area contributed by atoms with Crippen LogP contribution in [-0.4, -0.2) is 28.1 Å². The zero-order valence-electron chi connectivity index (χ0n) is 14.8. The molecule has 0 aromatic carbocycles. The van der Waals surface area contributed by atoms with Crippen LogP contribution in [0.2, 0.25) is 0 Å². The van der Waals surface area contributed by atoms with Crippen LogP contribution < -0.4 is 0 Å². The van der Waals surface area contributed by atoms with Crippen molar-refractivity contribution in [2.24, 2.45) is 11.8 Å². The zero-order valence-corrected chi connectivity index (χ0v) is 14.8. The molecule has 0 saturated heterocycles. The average molecular weight is 336 g/mol. The van der Waals surface area contributed by atoms with Gasteiger partial charge in [0, 0.05) is 18.8 Å². The van der Waals surface area contributed by atoms with E-state index >= 15 is 0 Å². The first-order chi connectivity index (χ1) is 11.5. The van der Waals surface area contributed by atoms with Crippen molar-refractivity contribution in [2.75, 3.05) is 0 Å². The summed E-state index contributed by atoms with van der Waals surface area (Å²) in [6.45, 7) is 2.14. The van der Waals surface area contributed by atoms with Gasteiger partial charge < -0.3 is 10.2 Å². The summed E-state index contributed by atoms with van der Waals surface area (Å²) in [4.78, 5) is 22.5. The van der Waals surface area contributed by atoms with Crippen LogP contribution >= 0.6 is 0 Å². The molecule has 0 aliphatic heterocycles. The molecule has 0 spiro atoms. The van der Waals surface area contributed by atoms with E-state index < -0.39 is 12.1 Å². The molecule has 2 N–H and O–H groups in total. The number of carbonyl (C=O) groups excluding carboxylic acids is 1. The Balaban J connectivity index is 2.37. The predicted octanol–water partition coefficient (Wildman–Crippen LogP) is 4.28. The maximum atomic E-state index is 12.0. The number of unbranched alkanes of at least 4 members (excludes halogenated alkanes) is 3. The van der Waals surface area contributed by atoms with Gasteiger partial charge in [-0.2, -0.15) is 0 Å². The Labute approximate surface area is 145 Å². The van der Waals surface area contributed by atoms with E-state index in [9.17, 15) is 14.7 Å². The summed E-state index contributed by atoms with van der Waals surface area (Å²) in [7, 11) is 0. The molecule has 1 fully saturated rings. The molecule has 0 heterocycles. The van der Waals surface area contributed by atoms with Gasteiger partial charge in [0.25, 0.3) is 0 Å². The highest BCUT2D eigenvalue weighted by Gasteiger charge is 2.31. The molecule has 0 aromatic heterocycles. The highest BCUT2D eigenvalue weighted by molar-refractivity contribution is 5.83. The summed E-state index contributed by atoms with van der Waals surface area (Å²) >= 11 is 0. The summed E-state index contributed by atoms with van der Waals surface area (Å²) in [5, 5.41) is 18.6. The van der Waals surface area contributed by atoms with Crippen LogP contribution in [0.4, 0.5) is 0 Å². The number of allylic oxidation sites excluding steroid dienone is 3. The second kappa shape index (κ2) is 12.0. The van der Waals surface area contributed by atoms with Crippen LogP contribution in [0.25, 0.3) is 0 Å². The number of carbonyl (C=O) groups is 2. The van der Waals surface area contributed by atoms with E-state index in [4.69, 9.17) is 5.11 Å². The Bertz CT molecular complexity index is 439. The van der Waals surface area contributed by atoms with Crippen molar-refractivity contribution in [3.8, 4) is 0 Å². The number of aliphatic hydroxyl groups excluding tert-OH is 1. The molecule has 0 radical (unpaired) electrons. The largest absolute Gasteiger partial charge is 0.481 e. The normalized spacial score (nSPS) is 22.7. The van der Waals surface area contributed by atoms with Crippen LogP contribution in [0.1, 0.15) is 71.1 Å². The molecule has 3 atom stereocenters. The van der Waals surface area contributed by atoms with Gasteiger partial charge in [-0.1, -0.05) is 50.5 Å². The first-order valence-corrected chi connectivity index (χ1v) is 9.30. The summed E-state index contributed by atoms with van der Waals surface area (Å²) in [5.41, 5.74) is 0. The second-order valence-electron chi connectivity index (χ2n) is 6.72. The highest BCUT2D eigenvalue weighted by atomic mass is 16.4. The number of hydrogen-bond acceptors (Lipinski definition) is 3. The standard InChI is InChI=1S/C20H32O4/c1-2-3-6-9-17(21)14-12-16-13-15-19(22)18(16)10-7-4-5-8-11-20(23)24/h4,7,12,14,16-18,21H,2-3,5-6,8-11,13,15H2,1H3,(H,23,24)/b7-4-,14-12?/t16-,17?,18+/m1/s1. The molecule has 0 amide bonds. The van der Waals surface area contributed by atoms with Crippen molar-refractivity contribution in [2.45, 2.75) is 77.2 Å². The first kappa shape index (κ1) is 20.6. The van der Waals surface area contributed by atoms with E-state index in [1.165, 1.54) is 0 Å². The lowest BCUT2D eigenvalue weighted by Crippen LogP contribution is -2.13. The maximum absolute atomic E-state index is 12.0. The molecule has 0 aromatic rings. The van der Waals surface area contributed by atoms with Gasteiger partial charge >= 0.3 is 5.97 Å². The summed E-state index contributed by atoms with van der Waals surface area (Å²) in [5.74, 6) is -0.223. The van der Waals surface area contributed by atoms with Crippen molar-refractivity contribution in [1.29, 1.82) is 0 Å². The van der Waals surface area contributed by atoms with Gasteiger partial charge in [0.15, 0.2) is 0 Å². The molecule has 0 bridgehead atoms. The first-order valence-electron chi connectivity index (χ1n) is 9.30. The molecule has 24 heavy (non-hydrogen) atoms. The van der Waals surface area contributed by atoms with Crippen LogP contribution in [0.5, 0.6) is 0 Å². The minimum Gasteiger partial charge on any atom is -0.481 e. The number of aliphatic carboxylic acids is 1. The Morgan fingerprint density at radius 2 is 2.08 bits per heavy atom. The molecule has 1 aliphatic carbocycles. The van der Waals surface area contributed by atoms with Crippen molar-refractivity contribution in [3.63, 3.8) is 0 Å². The SMILES string of the molecule is CCCCCC(O)C=C[C@@H]1CCC(=O)[C@H]1C/C=C\CCCC(=O)O. The number of Topliss-reactive ketones (excluding diaryl/α,β-unsaturated/α-hetero) is 1. The highest BCUT2D eigenvalue weighted by Crippen LogP contribution is 2.33. The minimum atomic E-state index is -0.767. The van der Waals surface area contributed by atoms with E-state index in [-0.39, 0.29) is 18.3 Å². The quantitative estimate of drug-likeness (QED) is 0.412. The molecular formula is C20H32O4. The van der Waals surface area contributed by atoms with Crippen molar-refractivity contribution in [3.05, 3.63) is 24.3 Å². The Kier molecular flexibility index (Phi) is 10.3. The van der Waals surface area contributed by atoms with Crippen LogP contribution in [-0.2, 0) is 9.59 Å². The van der Waals surface area contributed by atoms with Gasteiger partial charge in [-0.15, -0.1) is 0 Å². The Morgan fingerprint density at radius 3 is 2.79 bits per heavy atom. The lowest BCUT2D eigenvalue weighted by Gasteiger charge is -2.13.